The van der Waals surface area contributed by atoms with Crippen LogP contribution in [0.25, 0.3) is 0 Å². The Hall–Kier alpha value is -0.653. The summed E-state index contributed by atoms with van der Waals surface area (Å²) < 4.78 is 17.2. The second-order valence-electron chi connectivity index (χ2n) is 5.07. The topological polar surface area (TPSA) is 44.8 Å². The van der Waals surface area contributed by atoms with Gasteiger partial charge in [-0.2, -0.15) is 0 Å². The zero-order valence-electron chi connectivity index (χ0n) is 12.9. The second-order valence-corrected chi connectivity index (χ2v) is 8.57. The molecule has 0 aliphatic heterocycles. The Morgan fingerprint density at radius 1 is 1.21 bits per heavy atom. The van der Waals surface area contributed by atoms with Crippen molar-refractivity contribution in [3.05, 3.63) is 12.7 Å². The molecule has 19 heavy (non-hydrogen) atoms. The monoisotopic (exact) mass is 288 g/mol. The van der Waals surface area contributed by atoms with E-state index in [2.05, 4.69) is 13.5 Å². The van der Waals surface area contributed by atoms with E-state index in [9.17, 15) is 4.79 Å². The minimum Gasteiger partial charge on any atom is -0.463 e. The lowest BCUT2D eigenvalue weighted by atomic mass is 10.5. The largest absolute Gasteiger partial charge is 0.463 e. The van der Waals surface area contributed by atoms with E-state index in [1.54, 1.807) is 0 Å². The molecule has 4 nitrogen and oxygen atoms in total. The predicted molar refractivity (Wildman–Crippen MR) is 79.3 cm³/mol. The van der Waals surface area contributed by atoms with Crippen LogP contribution in [-0.4, -0.2) is 33.3 Å². The molecule has 0 bridgehead atoms. The van der Waals surface area contributed by atoms with Gasteiger partial charge < -0.3 is 13.6 Å². The number of esters is 1. The van der Waals surface area contributed by atoms with Gasteiger partial charge >= 0.3 is 14.5 Å². The lowest BCUT2D eigenvalue weighted by molar-refractivity contribution is -0.137. The molecule has 0 amide bonds. The highest BCUT2D eigenvalue weighted by Gasteiger charge is 2.37. The fraction of sp³-hybridized carbons (Fsp3) is 0.786. The van der Waals surface area contributed by atoms with Gasteiger partial charge in [-0.25, -0.2) is 4.79 Å². The highest BCUT2D eigenvalue weighted by atomic mass is 28.4. The molecule has 0 unspecified atom stereocenters. The molecule has 0 aromatic rings. The van der Waals surface area contributed by atoms with Crippen molar-refractivity contribution in [2.24, 2.45) is 0 Å². The van der Waals surface area contributed by atoms with Gasteiger partial charge in [-0.3, -0.25) is 0 Å². The van der Waals surface area contributed by atoms with Crippen LogP contribution in [0.4, 0.5) is 0 Å². The number of ether oxygens (including phenoxy) is 1. The van der Waals surface area contributed by atoms with Crippen molar-refractivity contribution >= 4 is 14.5 Å². The second kappa shape index (κ2) is 9.28. The van der Waals surface area contributed by atoms with Crippen LogP contribution >= 0.6 is 0 Å². The molecule has 0 heterocycles. The Bertz CT molecular complexity index is 267. The number of carbonyl (C=O) groups excluding carboxylic acids is 1. The third-order valence-corrected chi connectivity index (χ3v) is 6.55. The first-order chi connectivity index (χ1) is 8.85. The molecule has 0 aromatic heterocycles. The Kier molecular flexibility index (Phi) is 8.96. The standard InChI is InChI=1S/C14H28O4Si/c1-7-14(15)16-10-9-11-19(8-2,17-12(3)4)18-13(5)6/h7,12-13H,1,8-11H2,2-6H3. The molecule has 0 rings (SSSR count). The highest BCUT2D eigenvalue weighted by Crippen LogP contribution is 2.24. The molecule has 5 heteroatoms. The molecule has 0 saturated heterocycles. The third kappa shape index (κ3) is 8.18. The normalized spacial score (nSPS) is 11.9. The van der Waals surface area contributed by atoms with E-state index in [4.69, 9.17) is 13.6 Å². The van der Waals surface area contributed by atoms with Crippen LogP contribution in [0.2, 0.25) is 12.1 Å². The summed E-state index contributed by atoms with van der Waals surface area (Å²) in [4.78, 5) is 11.0. The Balaban J connectivity index is 4.39. The van der Waals surface area contributed by atoms with Crippen molar-refractivity contribution in [1.82, 2.24) is 0 Å². The molecule has 0 aliphatic rings. The maximum absolute atomic E-state index is 11.0. The minimum absolute atomic E-state index is 0.154. The van der Waals surface area contributed by atoms with Gasteiger partial charge in [0.15, 0.2) is 0 Å². The van der Waals surface area contributed by atoms with E-state index in [1.807, 2.05) is 27.7 Å². The Morgan fingerprint density at radius 2 is 1.74 bits per heavy atom. The molecule has 0 radical (unpaired) electrons. The zero-order chi connectivity index (χ0) is 14.9. The molecule has 112 valence electrons. The van der Waals surface area contributed by atoms with E-state index in [0.29, 0.717) is 6.61 Å². The van der Waals surface area contributed by atoms with E-state index in [1.165, 1.54) is 6.08 Å². The number of rotatable bonds is 10. The quantitative estimate of drug-likeness (QED) is 0.267. The highest BCUT2D eigenvalue weighted by molar-refractivity contribution is 6.67. The summed E-state index contributed by atoms with van der Waals surface area (Å²) in [5.41, 5.74) is 0. The van der Waals surface area contributed by atoms with Crippen LogP contribution in [0, 0.1) is 0 Å². The van der Waals surface area contributed by atoms with Crippen molar-refractivity contribution < 1.29 is 18.4 Å². The number of hydrogen-bond acceptors (Lipinski definition) is 4. The molecular weight excluding hydrogens is 260 g/mol. The maximum atomic E-state index is 11.0. The van der Waals surface area contributed by atoms with Gasteiger partial charge in [0.2, 0.25) is 0 Å². The SMILES string of the molecule is C=CC(=O)OCCC[Si](CC)(OC(C)C)OC(C)C. The summed E-state index contributed by atoms with van der Waals surface area (Å²) in [6.07, 6.45) is 2.25. The fourth-order valence-corrected chi connectivity index (χ4v) is 5.30. The van der Waals surface area contributed by atoms with Gasteiger partial charge in [0.05, 0.1) is 6.61 Å². The van der Waals surface area contributed by atoms with E-state index >= 15 is 0 Å². The molecule has 0 fully saturated rings. The molecule has 0 atom stereocenters. The van der Waals surface area contributed by atoms with Gasteiger partial charge in [0, 0.05) is 18.3 Å². The van der Waals surface area contributed by atoms with Gasteiger partial charge in [0.1, 0.15) is 0 Å². The lowest BCUT2D eigenvalue weighted by Gasteiger charge is -2.33. The molecule has 0 aliphatic carbocycles. The van der Waals surface area contributed by atoms with Crippen LogP contribution in [0.1, 0.15) is 41.0 Å². The van der Waals surface area contributed by atoms with Crippen LogP contribution in [0.15, 0.2) is 12.7 Å². The number of hydrogen-bond donors (Lipinski definition) is 0. The van der Waals surface area contributed by atoms with Crippen LogP contribution in [0.5, 0.6) is 0 Å². The number of carbonyl (C=O) groups is 1. The smallest absolute Gasteiger partial charge is 0.338 e. The van der Waals surface area contributed by atoms with Crippen LogP contribution < -0.4 is 0 Å². The predicted octanol–water partition coefficient (Wildman–Crippen LogP) is 3.42. The van der Waals surface area contributed by atoms with E-state index < -0.39 is 8.56 Å². The lowest BCUT2D eigenvalue weighted by Crippen LogP contribution is -2.45. The summed E-state index contributed by atoms with van der Waals surface area (Å²) in [6.45, 7) is 14.0. The first-order valence-electron chi connectivity index (χ1n) is 7.00. The van der Waals surface area contributed by atoms with Gasteiger partial charge in [-0.05, 0) is 46.2 Å². The first-order valence-corrected chi connectivity index (χ1v) is 9.23. The van der Waals surface area contributed by atoms with Gasteiger partial charge in [0.25, 0.3) is 0 Å². The molecule has 0 saturated carbocycles. The van der Waals surface area contributed by atoms with Crippen molar-refractivity contribution in [2.75, 3.05) is 6.61 Å². The van der Waals surface area contributed by atoms with Crippen LogP contribution in [0.3, 0.4) is 0 Å². The van der Waals surface area contributed by atoms with Crippen molar-refractivity contribution in [1.29, 1.82) is 0 Å². The Morgan fingerprint density at radius 3 is 2.11 bits per heavy atom. The fourth-order valence-electron chi connectivity index (χ4n) is 1.92. The Labute approximate surface area is 118 Å². The summed E-state index contributed by atoms with van der Waals surface area (Å²) in [5.74, 6) is -0.377. The van der Waals surface area contributed by atoms with Crippen molar-refractivity contribution in [3.63, 3.8) is 0 Å². The molecular formula is C14H28O4Si. The summed E-state index contributed by atoms with van der Waals surface area (Å²) in [6, 6.07) is 1.74. The minimum atomic E-state index is -2.19. The van der Waals surface area contributed by atoms with Gasteiger partial charge in [-0.1, -0.05) is 13.5 Å². The van der Waals surface area contributed by atoms with Gasteiger partial charge in [-0.15, -0.1) is 0 Å². The maximum Gasteiger partial charge on any atom is 0.338 e. The third-order valence-electron chi connectivity index (χ3n) is 2.55. The summed E-state index contributed by atoms with van der Waals surface area (Å²) in [7, 11) is -2.19. The molecule has 0 N–H and O–H groups in total. The average Bonchev–Trinajstić information content (AvgIpc) is 2.32. The van der Waals surface area contributed by atoms with E-state index in [0.717, 1.165) is 18.5 Å². The zero-order valence-corrected chi connectivity index (χ0v) is 13.9. The van der Waals surface area contributed by atoms with Crippen molar-refractivity contribution in [2.45, 2.75) is 65.3 Å². The molecule has 0 aromatic carbocycles. The summed E-state index contributed by atoms with van der Waals surface area (Å²) in [5, 5.41) is 0. The van der Waals surface area contributed by atoms with E-state index in [-0.39, 0.29) is 18.2 Å². The first kappa shape index (κ1) is 18.3. The summed E-state index contributed by atoms with van der Waals surface area (Å²) >= 11 is 0. The van der Waals surface area contributed by atoms with Crippen LogP contribution in [-0.2, 0) is 18.4 Å². The molecule has 0 spiro atoms. The average molecular weight is 288 g/mol. The van der Waals surface area contributed by atoms with Crippen molar-refractivity contribution in [3.8, 4) is 0 Å².